The fraction of sp³-hybridized carbons (Fsp3) is 0.800. The molecule has 0 amide bonds. The molecule has 72 valence electrons. The average Bonchev–Trinajstić information content (AvgIpc) is 2.54. The highest BCUT2D eigenvalue weighted by Crippen LogP contribution is 2.92. The van der Waals surface area contributed by atoms with Gasteiger partial charge in [0.05, 0.1) is 8.65 Å². The fourth-order valence-corrected chi connectivity index (χ4v) is 8.27. The van der Waals surface area contributed by atoms with Crippen molar-refractivity contribution in [2.45, 2.75) is 8.65 Å². The van der Waals surface area contributed by atoms with E-state index in [1.54, 1.807) is 0 Å². The standard InChI is InChI=1S/C10H6Br2O2/c11-9-3-1-2(8(9)14)4-6(9)5(3)10(4,12)7(1)13/h1-6H/t1-,2-,3+,4+,5?,6?,9-,10-/m1/s1. The van der Waals surface area contributed by atoms with Gasteiger partial charge >= 0.3 is 0 Å². The molecule has 0 spiro atoms. The molecule has 6 rings (SSSR count). The van der Waals surface area contributed by atoms with Crippen molar-refractivity contribution in [1.29, 1.82) is 0 Å². The summed E-state index contributed by atoms with van der Waals surface area (Å²) in [6, 6.07) is 0. The van der Waals surface area contributed by atoms with Crippen LogP contribution in [0.5, 0.6) is 0 Å². The minimum Gasteiger partial charge on any atom is -0.298 e. The van der Waals surface area contributed by atoms with Gasteiger partial charge in [-0.1, -0.05) is 31.9 Å². The van der Waals surface area contributed by atoms with Crippen LogP contribution < -0.4 is 0 Å². The van der Waals surface area contributed by atoms with Gasteiger partial charge in [0, 0.05) is 11.8 Å². The van der Waals surface area contributed by atoms with Crippen molar-refractivity contribution in [1.82, 2.24) is 0 Å². The van der Waals surface area contributed by atoms with Crippen molar-refractivity contribution in [2.24, 2.45) is 35.5 Å². The van der Waals surface area contributed by atoms with Gasteiger partial charge in [-0.05, 0) is 23.7 Å². The van der Waals surface area contributed by atoms with Gasteiger partial charge in [-0.25, -0.2) is 0 Å². The van der Waals surface area contributed by atoms with Crippen LogP contribution in [-0.2, 0) is 9.59 Å². The third kappa shape index (κ3) is 0.337. The highest BCUT2D eigenvalue weighted by molar-refractivity contribution is 9.10. The molecule has 0 N–H and O–H groups in total. The number of rotatable bonds is 0. The first-order valence-corrected chi connectivity index (χ1v) is 6.60. The third-order valence-corrected chi connectivity index (χ3v) is 8.52. The normalized spacial score (nSPS) is 79.6. The van der Waals surface area contributed by atoms with Gasteiger partial charge in [0.1, 0.15) is 0 Å². The Morgan fingerprint density at radius 3 is 1.43 bits per heavy atom. The number of Topliss-reactive ketones (excluding diaryl/α,β-unsaturated/α-hetero) is 2. The van der Waals surface area contributed by atoms with Gasteiger partial charge in [-0.3, -0.25) is 9.59 Å². The predicted octanol–water partition coefficient (Wildman–Crippen LogP) is 1.16. The average molecular weight is 318 g/mol. The van der Waals surface area contributed by atoms with E-state index in [1.165, 1.54) is 0 Å². The molecule has 2 nitrogen and oxygen atoms in total. The molecule has 0 aromatic heterocycles. The number of halogens is 2. The van der Waals surface area contributed by atoms with Crippen LogP contribution in [0.4, 0.5) is 0 Å². The van der Waals surface area contributed by atoms with Crippen molar-refractivity contribution in [3.63, 3.8) is 0 Å². The SMILES string of the molecule is O=C1[C@@H]2[C@H]3C(=O)[C@]4(Br)C5C([C@H]24)[C@]1(Br)[C@H]53. The van der Waals surface area contributed by atoms with Crippen LogP contribution in [0.2, 0.25) is 0 Å². The first kappa shape index (κ1) is 7.55. The molecule has 2 unspecified atom stereocenters. The quantitative estimate of drug-likeness (QED) is 0.628. The minimum atomic E-state index is -0.263. The maximum atomic E-state index is 12.1. The van der Waals surface area contributed by atoms with Gasteiger partial charge in [0.2, 0.25) is 0 Å². The summed E-state index contributed by atoms with van der Waals surface area (Å²) in [5.41, 5.74) is 0. The summed E-state index contributed by atoms with van der Waals surface area (Å²) < 4.78 is -0.526. The van der Waals surface area contributed by atoms with Crippen LogP contribution in [-0.4, -0.2) is 20.2 Å². The Hall–Kier alpha value is 0.300. The Kier molecular flexibility index (Phi) is 0.824. The Morgan fingerprint density at radius 2 is 1.14 bits per heavy atom. The van der Waals surface area contributed by atoms with Crippen molar-refractivity contribution >= 4 is 43.4 Å². The van der Waals surface area contributed by atoms with Crippen molar-refractivity contribution in [3.8, 4) is 0 Å². The molecule has 0 aromatic carbocycles. The lowest BCUT2D eigenvalue weighted by Gasteiger charge is -2.68. The number of hydrogen-bond acceptors (Lipinski definition) is 2. The first-order chi connectivity index (χ1) is 6.55. The van der Waals surface area contributed by atoms with Crippen LogP contribution in [0.3, 0.4) is 0 Å². The molecule has 0 heterocycles. The second kappa shape index (κ2) is 1.53. The second-order valence-electron chi connectivity index (χ2n) is 5.42. The molecule has 6 aliphatic carbocycles. The van der Waals surface area contributed by atoms with Crippen LogP contribution in [0, 0.1) is 35.5 Å². The van der Waals surface area contributed by atoms with Crippen molar-refractivity contribution in [3.05, 3.63) is 0 Å². The van der Waals surface area contributed by atoms with Crippen LogP contribution in [0.25, 0.3) is 0 Å². The van der Waals surface area contributed by atoms with E-state index in [0.29, 0.717) is 35.2 Å². The highest BCUT2D eigenvalue weighted by Gasteiger charge is 3.00. The predicted molar refractivity (Wildman–Crippen MR) is 54.3 cm³/mol. The summed E-state index contributed by atoms with van der Waals surface area (Å²) in [7, 11) is 0. The molecule has 0 saturated heterocycles. The topological polar surface area (TPSA) is 34.1 Å². The summed E-state index contributed by atoms with van der Waals surface area (Å²) in [6.07, 6.45) is 0. The molecule has 6 saturated carbocycles. The molecule has 0 aliphatic heterocycles. The minimum absolute atomic E-state index is 0.0706. The molecule has 4 bridgehead atoms. The lowest BCUT2D eigenvalue weighted by Crippen LogP contribution is -2.74. The van der Waals surface area contributed by atoms with E-state index in [1.807, 2.05) is 0 Å². The van der Waals surface area contributed by atoms with E-state index in [-0.39, 0.29) is 20.5 Å². The first-order valence-electron chi connectivity index (χ1n) is 5.02. The largest absolute Gasteiger partial charge is 0.298 e. The molecule has 8 atom stereocenters. The lowest BCUT2D eigenvalue weighted by molar-refractivity contribution is -0.139. The molecule has 0 radical (unpaired) electrons. The fourth-order valence-electron chi connectivity index (χ4n) is 5.46. The highest BCUT2D eigenvalue weighted by atomic mass is 79.9. The summed E-state index contributed by atoms with van der Waals surface area (Å²) in [5, 5.41) is 0. The third-order valence-electron chi connectivity index (χ3n) is 5.62. The second-order valence-corrected chi connectivity index (χ2v) is 8.04. The Labute approximate surface area is 97.1 Å². The smallest absolute Gasteiger partial charge is 0.154 e. The summed E-state index contributed by atoms with van der Waals surface area (Å²) in [5.74, 6) is 2.45. The zero-order valence-corrected chi connectivity index (χ0v) is 10.2. The van der Waals surface area contributed by atoms with Gasteiger partial charge < -0.3 is 0 Å². The summed E-state index contributed by atoms with van der Waals surface area (Å²) in [6.45, 7) is 0. The maximum absolute atomic E-state index is 12.1. The molecule has 14 heavy (non-hydrogen) atoms. The number of carbonyl (C=O) groups excluding carboxylic acids is 2. The van der Waals surface area contributed by atoms with Crippen LogP contribution in [0.1, 0.15) is 0 Å². The molecular weight excluding hydrogens is 312 g/mol. The van der Waals surface area contributed by atoms with Crippen molar-refractivity contribution in [2.75, 3.05) is 0 Å². The van der Waals surface area contributed by atoms with Crippen LogP contribution >= 0.6 is 31.9 Å². The summed E-state index contributed by atoms with van der Waals surface area (Å²) in [4.78, 5) is 24.1. The maximum Gasteiger partial charge on any atom is 0.154 e. The van der Waals surface area contributed by atoms with E-state index < -0.39 is 0 Å². The van der Waals surface area contributed by atoms with Crippen molar-refractivity contribution < 1.29 is 9.59 Å². The Bertz CT molecular complexity index is 419. The van der Waals surface area contributed by atoms with Gasteiger partial charge in [-0.15, -0.1) is 0 Å². The lowest BCUT2D eigenvalue weighted by atomic mass is 9.41. The number of ketones is 2. The van der Waals surface area contributed by atoms with Gasteiger partial charge in [0.15, 0.2) is 11.6 Å². The number of hydrogen-bond donors (Lipinski definition) is 0. The zero-order chi connectivity index (χ0) is 9.62. The summed E-state index contributed by atoms with van der Waals surface area (Å²) >= 11 is 7.27. The monoisotopic (exact) mass is 316 g/mol. The van der Waals surface area contributed by atoms with E-state index in [0.717, 1.165) is 0 Å². The molecule has 6 aliphatic rings. The molecule has 4 heteroatoms. The zero-order valence-electron chi connectivity index (χ0n) is 7.04. The Morgan fingerprint density at radius 1 is 0.786 bits per heavy atom. The van der Waals surface area contributed by atoms with Gasteiger partial charge in [-0.2, -0.15) is 0 Å². The van der Waals surface area contributed by atoms with Gasteiger partial charge in [0.25, 0.3) is 0 Å². The number of carbonyl (C=O) groups is 2. The molecule has 0 aromatic rings. The Balaban J connectivity index is 1.93. The van der Waals surface area contributed by atoms with E-state index >= 15 is 0 Å². The molecule has 6 fully saturated rings. The van der Waals surface area contributed by atoms with E-state index in [4.69, 9.17) is 0 Å². The van der Waals surface area contributed by atoms with E-state index in [2.05, 4.69) is 31.9 Å². The van der Waals surface area contributed by atoms with E-state index in [9.17, 15) is 9.59 Å². The number of alkyl halides is 2. The molecular formula is C10H6Br2O2. The van der Waals surface area contributed by atoms with Crippen LogP contribution in [0.15, 0.2) is 0 Å².